The third-order valence-electron chi connectivity index (χ3n) is 4.51. The van der Waals surface area contributed by atoms with Crippen molar-refractivity contribution in [3.63, 3.8) is 0 Å². The molecular weight excluding hydrogens is 407 g/mol. The van der Waals surface area contributed by atoms with Crippen LogP contribution >= 0.6 is 0 Å². The molecule has 0 saturated carbocycles. The monoisotopic (exact) mass is 434 g/mol. The Hall–Kier alpha value is -3.36. The topological polar surface area (TPSA) is 107 Å². The second kappa shape index (κ2) is 10.6. The second-order valence-corrected chi connectivity index (χ2v) is 7.33. The minimum atomic E-state index is -1.03. The first-order valence-corrected chi connectivity index (χ1v) is 9.79. The van der Waals surface area contributed by atoms with Crippen LogP contribution in [-0.4, -0.2) is 47.3 Å². The van der Waals surface area contributed by atoms with Gasteiger partial charge < -0.3 is 24.6 Å². The van der Waals surface area contributed by atoms with Crippen LogP contribution in [0.3, 0.4) is 0 Å². The fourth-order valence-corrected chi connectivity index (χ4v) is 2.92. The summed E-state index contributed by atoms with van der Waals surface area (Å²) in [5.41, 5.74) is -0.276. The van der Waals surface area contributed by atoms with Crippen molar-refractivity contribution in [2.24, 2.45) is 5.92 Å². The summed E-state index contributed by atoms with van der Waals surface area (Å²) in [6, 6.07) is 6.05. The number of aromatic hydroxyl groups is 1. The van der Waals surface area contributed by atoms with E-state index in [2.05, 4.69) is 10.3 Å². The zero-order valence-electron chi connectivity index (χ0n) is 18.1. The number of carbonyl (C=O) groups is 2. The smallest absolute Gasteiger partial charge is 0.328 e. The van der Waals surface area contributed by atoms with E-state index in [9.17, 15) is 19.1 Å². The largest absolute Gasteiger partial charge is 0.503 e. The number of nitrogens with zero attached hydrogens (tertiary/aromatic N) is 1. The molecule has 0 aliphatic carbocycles. The van der Waals surface area contributed by atoms with Crippen LogP contribution in [0.25, 0.3) is 0 Å². The Morgan fingerprint density at radius 3 is 2.48 bits per heavy atom. The third-order valence-corrected chi connectivity index (χ3v) is 4.51. The quantitative estimate of drug-likeness (QED) is 0.584. The van der Waals surface area contributed by atoms with Gasteiger partial charge in [-0.2, -0.15) is 0 Å². The molecule has 8 nitrogen and oxygen atoms in total. The molecule has 0 fully saturated rings. The SMILES string of the molecule is COc1ccnc(C(=O)N[C@@H](C)C(=O)OC(C(C)C)[C@H](C)Oc2cccc(F)c2)c1O. The van der Waals surface area contributed by atoms with Gasteiger partial charge in [-0.15, -0.1) is 0 Å². The predicted molar refractivity (Wildman–Crippen MR) is 111 cm³/mol. The Kier molecular flexibility index (Phi) is 8.18. The molecule has 31 heavy (non-hydrogen) atoms. The molecule has 0 radical (unpaired) electrons. The molecule has 1 aromatic heterocycles. The fourth-order valence-electron chi connectivity index (χ4n) is 2.92. The van der Waals surface area contributed by atoms with Gasteiger partial charge in [0.1, 0.15) is 29.8 Å². The molecule has 1 unspecified atom stereocenters. The number of aromatic nitrogens is 1. The van der Waals surface area contributed by atoms with Gasteiger partial charge in [0.2, 0.25) is 0 Å². The normalized spacial score (nSPS) is 13.8. The van der Waals surface area contributed by atoms with Crippen LogP contribution in [0.1, 0.15) is 38.2 Å². The van der Waals surface area contributed by atoms with E-state index >= 15 is 0 Å². The first kappa shape index (κ1) is 23.9. The molecule has 1 aromatic carbocycles. The second-order valence-electron chi connectivity index (χ2n) is 7.33. The third kappa shape index (κ3) is 6.31. The maximum atomic E-state index is 13.4. The molecule has 0 spiro atoms. The van der Waals surface area contributed by atoms with E-state index in [0.29, 0.717) is 5.75 Å². The van der Waals surface area contributed by atoms with Gasteiger partial charge in [-0.1, -0.05) is 19.9 Å². The molecule has 0 aliphatic heterocycles. The lowest BCUT2D eigenvalue weighted by atomic mass is 10.0. The van der Waals surface area contributed by atoms with Crippen molar-refractivity contribution >= 4 is 11.9 Å². The van der Waals surface area contributed by atoms with Gasteiger partial charge in [-0.25, -0.2) is 14.2 Å². The number of halogens is 1. The van der Waals surface area contributed by atoms with Gasteiger partial charge in [0.15, 0.2) is 17.2 Å². The van der Waals surface area contributed by atoms with E-state index in [1.165, 1.54) is 44.5 Å². The lowest BCUT2D eigenvalue weighted by Gasteiger charge is -2.29. The number of methoxy groups -OCH3 is 1. The predicted octanol–water partition coefficient (Wildman–Crippen LogP) is 3.09. The van der Waals surface area contributed by atoms with Crippen LogP contribution in [0.15, 0.2) is 36.5 Å². The standard InChI is InChI=1S/C22H27FN2O6/c1-12(2)20(14(4)30-16-8-6-7-15(23)11-16)31-22(28)13(3)25-21(27)18-19(26)17(29-5)9-10-24-18/h6-14,20,26H,1-5H3,(H,25,27)/t13-,14-,20?/m0/s1. The van der Waals surface area contributed by atoms with Gasteiger partial charge in [-0.3, -0.25) is 4.79 Å². The van der Waals surface area contributed by atoms with Crippen molar-refractivity contribution in [2.45, 2.75) is 45.9 Å². The number of hydrogen-bond acceptors (Lipinski definition) is 7. The number of nitrogens with one attached hydrogen (secondary N) is 1. The highest BCUT2D eigenvalue weighted by molar-refractivity contribution is 5.97. The highest BCUT2D eigenvalue weighted by atomic mass is 19.1. The van der Waals surface area contributed by atoms with E-state index in [1.54, 1.807) is 13.0 Å². The zero-order chi connectivity index (χ0) is 23.1. The van der Waals surface area contributed by atoms with E-state index in [4.69, 9.17) is 14.2 Å². The number of ether oxygens (including phenoxy) is 3. The Bertz CT molecular complexity index is 921. The number of hydrogen-bond donors (Lipinski definition) is 2. The minimum absolute atomic E-state index is 0.0820. The summed E-state index contributed by atoms with van der Waals surface area (Å²) >= 11 is 0. The zero-order valence-corrected chi connectivity index (χ0v) is 18.1. The van der Waals surface area contributed by atoms with Crippen molar-refractivity contribution in [3.05, 3.63) is 48.0 Å². The van der Waals surface area contributed by atoms with Crippen LogP contribution < -0.4 is 14.8 Å². The van der Waals surface area contributed by atoms with E-state index in [-0.39, 0.29) is 17.4 Å². The van der Waals surface area contributed by atoms with Crippen molar-refractivity contribution in [2.75, 3.05) is 7.11 Å². The van der Waals surface area contributed by atoms with Gasteiger partial charge in [0.05, 0.1) is 7.11 Å². The number of pyridine rings is 1. The van der Waals surface area contributed by atoms with Crippen molar-refractivity contribution in [1.29, 1.82) is 0 Å². The van der Waals surface area contributed by atoms with Crippen LogP contribution in [-0.2, 0) is 9.53 Å². The molecule has 3 atom stereocenters. The molecule has 0 aliphatic rings. The average molecular weight is 434 g/mol. The van der Waals surface area contributed by atoms with E-state index in [1.807, 2.05) is 13.8 Å². The Balaban J connectivity index is 2.04. The van der Waals surface area contributed by atoms with Crippen LogP contribution in [0, 0.1) is 11.7 Å². The minimum Gasteiger partial charge on any atom is -0.503 e. The molecule has 2 rings (SSSR count). The van der Waals surface area contributed by atoms with Crippen LogP contribution in [0.2, 0.25) is 0 Å². The fraction of sp³-hybridized carbons (Fsp3) is 0.409. The number of benzene rings is 1. The number of amides is 1. The number of rotatable bonds is 9. The summed E-state index contributed by atoms with van der Waals surface area (Å²) in [6.07, 6.45) is 0.0765. The van der Waals surface area contributed by atoms with Crippen molar-refractivity contribution in [1.82, 2.24) is 10.3 Å². The molecule has 9 heteroatoms. The molecule has 1 amide bonds. The molecule has 168 valence electrons. The lowest BCUT2D eigenvalue weighted by molar-refractivity contribution is -0.158. The summed E-state index contributed by atoms with van der Waals surface area (Å²) in [5, 5.41) is 12.5. The highest BCUT2D eigenvalue weighted by Crippen LogP contribution is 2.27. The molecule has 1 heterocycles. The number of carbonyl (C=O) groups excluding carboxylic acids is 2. The number of esters is 1. The van der Waals surface area contributed by atoms with Crippen molar-refractivity contribution < 1.29 is 33.3 Å². The van der Waals surface area contributed by atoms with Gasteiger partial charge in [0, 0.05) is 18.3 Å². The Morgan fingerprint density at radius 1 is 1.16 bits per heavy atom. The summed E-state index contributed by atoms with van der Waals surface area (Å²) in [6.45, 7) is 6.87. The Labute approximate surface area is 180 Å². The van der Waals surface area contributed by atoms with Gasteiger partial charge in [-0.05, 0) is 31.9 Å². The van der Waals surface area contributed by atoms with Crippen LogP contribution in [0.5, 0.6) is 17.2 Å². The molecular formula is C22H27FN2O6. The molecule has 2 N–H and O–H groups in total. The van der Waals surface area contributed by atoms with E-state index in [0.717, 1.165) is 0 Å². The maximum absolute atomic E-state index is 13.4. The first-order valence-electron chi connectivity index (χ1n) is 9.79. The van der Waals surface area contributed by atoms with E-state index < -0.39 is 41.7 Å². The van der Waals surface area contributed by atoms with Crippen molar-refractivity contribution in [3.8, 4) is 17.2 Å². The summed E-state index contributed by atoms with van der Waals surface area (Å²) < 4.78 is 29.6. The maximum Gasteiger partial charge on any atom is 0.328 e. The highest BCUT2D eigenvalue weighted by Gasteiger charge is 2.30. The van der Waals surface area contributed by atoms with Crippen LogP contribution in [0.4, 0.5) is 4.39 Å². The summed E-state index contributed by atoms with van der Waals surface area (Å²) in [4.78, 5) is 28.8. The lowest BCUT2D eigenvalue weighted by Crippen LogP contribution is -2.45. The Morgan fingerprint density at radius 2 is 1.87 bits per heavy atom. The van der Waals surface area contributed by atoms with Gasteiger partial charge >= 0.3 is 5.97 Å². The first-order chi connectivity index (χ1) is 14.6. The summed E-state index contributed by atoms with van der Waals surface area (Å²) in [5.74, 6) is -2.03. The molecule has 0 saturated heterocycles. The average Bonchev–Trinajstić information content (AvgIpc) is 2.71. The molecule has 2 aromatic rings. The molecule has 0 bridgehead atoms. The van der Waals surface area contributed by atoms with Gasteiger partial charge in [0.25, 0.3) is 5.91 Å². The summed E-state index contributed by atoms with van der Waals surface area (Å²) in [7, 11) is 1.34.